The van der Waals surface area contributed by atoms with Gasteiger partial charge in [-0.05, 0) is 32.4 Å². The first-order valence-corrected chi connectivity index (χ1v) is 6.79. The van der Waals surface area contributed by atoms with Gasteiger partial charge in [0.15, 0.2) is 6.61 Å². The molecule has 0 aliphatic rings. The Kier molecular flexibility index (Phi) is 6.65. The van der Waals surface area contributed by atoms with Gasteiger partial charge in [0.25, 0.3) is 5.91 Å². The molecule has 21 heavy (non-hydrogen) atoms. The van der Waals surface area contributed by atoms with Crippen molar-refractivity contribution in [2.24, 2.45) is 0 Å². The van der Waals surface area contributed by atoms with Crippen molar-refractivity contribution >= 4 is 11.9 Å². The second-order valence-corrected chi connectivity index (χ2v) is 4.92. The van der Waals surface area contributed by atoms with Crippen molar-refractivity contribution in [2.45, 2.75) is 32.7 Å². The second kappa shape index (κ2) is 8.24. The molecular weight excluding hydrogens is 277 g/mol. The van der Waals surface area contributed by atoms with Gasteiger partial charge in [-0.25, -0.2) is 4.39 Å². The molecule has 5 nitrogen and oxygen atoms in total. The summed E-state index contributed by atoms with van der Waals surface area (Å²) in [5.74, 6) is -1.28. The number of rotatable bonds is 8. The van der Waals surface area contributed by atoms with Gasteiger partial charge in [0, 0.05) is 25.1 Å². The van der Waals surface area contributed by atoms with Gasteiger partial charge >= 0.3 is 5.97 Å². The zero-order chi connectivity index (χ0) is 15.8. The Labute approximate surface area is 123 Å². The van der Waals surface area contributed by atoms with Crippen LogP contribution in [-0.2, 0) is 9.59 Å². The fourth-order valence-corrected chi connectivity index (χ4v) is 1.86. The number of nitrogens with zero attached hydrogens (tertiary/aromatic N) is 1. The van der Waals surface area contributed by atoms with Crippen LogP contribution in [0.1, 0.15) is 26.7 Å². The van der Waals surface area contributed by atoms with Crippen LogP contribution in [-0.4, -0.2) is 41.1 Å². The maximum atomic E-state index is 13.0. The monoisotopic (exact) mass is 297 g/mol. The third kappa shape index (κ3) is 6.25. The summed E-state index contributed by atoms with van der Waals surface area (Å²) < 4.78 is 18.2. The molecule has 1 rings (SSSR count). The molecule has 1 amide bonds. The van der Waals surface area contributed by atoms with Gasteiger partial charge in [0.1, 0.15) is 11.6 Å². The van der Waals surface area contributed by atoms with Gasteiger partial charge in [-0.1, -0.05) is 6.07 Å². The zero-order valence-corrected chi connectivity index (χ0v) is 12.2. The summed E-state index contributed by atoms with van der Waals surface area (Å²) in [5.41, 5.74) is 0. The number of ether oxygens (including phenoxy) is 1. The molecule has 0 radical (unpaired) electrons. The molecule has 0 spiro atoms. The van der Waals surface area contributed by atoms with Crippen molar-refractivity contribution in [3.05, 3.63) is 30.1 Å². The van der Waals surface area contributed by atoms with Gasteiger partial charge in [-0.3, -0.25) is 9.59 Å². The number of hydrogen-bond acceptors (Lipinski definition) is 3. The van der Waals surface area contributed by atoms with E-state index in [1.54, 1.807) is 11.0 Å². The van der Waals surface area contributed by atoms with E-state index in [4.69, 9.17) is 9.84 Å². The minimum atomic E-state index is -0.887. The van der Waals surface area contributed by atoms with Crippen molar-refractivity contribution < 1.29 is 23.8 Å². The summed E-state index contributed by atoms with van der Waals surface area (Å²) in [5, 5.41) is 8.62. The van der Waals surface area contributed by atoms with Crippen LogP contribution < -0.4 is 4.74 Å². The molecule has 0 unspecified atom stereocenters. The second-order valence-electron chi connectivity index (χ2n) is 4.92. The van der Waals surface area contributed by atoms with Crippen molar-refractivity contribution in [3.8, 4) is 5.75 Å². The maximum absolute atomic E-state index is 13.0. The molecule has 0 bridgehead atoms. The largest absolute Gasteiger partial charge is 0.484 e. The molecule has 116 valence electrons. The highest BCUT2D eigenvalue weighted by Gasteiger charge is 2.17. The molecule has 1 aromatic rings. The van der Waals surface area contributed by atoms with E-state index in [1.165, 1.54) is 18.2 Å². The minimum Gasteiger partial charge on any atom is -0.484 e. The van der Waals surface area contributed by atoms with Gasteiger partial charge < -0.3 is 14.7 Å². The van der Waals surface area contributed by atoms with Crippen molar-refractivity contribution in [1.29, 1.82) is 0 Å². The summed E-state index contributed by atoms with van der Waals surface area (Å²) in [6.07, 6.45) is 0.403. The van der Waals surface area contributed by atoms with Crippen molar-refractivity contribution in [2.75, 3.05) is 13.2 Å². The summed E-state index contributed by atoms with van der Waals surface area (Å²) in [6.45, 7) is 3.85. The maximum Gasteiger partial charge on any atom is 0.303 e. The van der Waals surface area contributed by atoms with Crippen LogP contribution in [0.25, 0.3) is 0 Å². The van der Waals surface area contributed by atoms with Crippen LogP contribution in [0.3, 0.4) is 0 Å². The fourth-order valence-electron chi connectivity index (χ4n) is 1.86. The Bertz CT molecular complexity index is 490. The lowest BCUT2D eigenvalue weighted by atomic mass is 10.2. The van der Waals surface area contributed by atoms with Crippen molar-refractivity contribution in [3.63, 3.8) is 0 Å². The molecule has 0 atom stereocenters. The smallest absolute Gasteiger partial charge is 0.303 e. The number of hydrogen-bond donors (Lipinski definition) is 1. The molecule has 6 heteroatoms. The number of halogens is 1. The third-order valence-electron chi connectivity index (χ3n) is 2.89. The number of carbonyl (C=O) groups excluding carboxylic acids is 1. The standard InChI is InChI=1S/C15H20FNO4/c1-11(2)17(8-4-7-15(19)20)14(18)10-21-13-6-3-5-12(16)9-13/h3,5-6,9,11H,4,7-8,10H2,1-2H3,(H,19,20). The van der Waals surface area contributed by atoms with E-state index >= 15 is 0 Å². The molecule has 0 aromatic heterocycles. The van der Waals surface area contributed by atoms with E-state index < -0.39 is 11.8 Å². The summed E-state index contributed by atoms with van der Waals surface area (Å²) in [6, 6.07) is 5.52. The molecule has 0 saturated heterocycles. The van der Waals surface area contributed by atoms with E-state index in [0.717, 1.165) is 0 Å². The normalized spacial score (nSPS) is 10.5. The van der Waals surface area contributed by atoms with Crippen LogP contribution in [0, 0.1) is 5.82 Å². The highest BCUT2D eigenvalue weighted by atomic mass is 19.1. The lowest BCUT2D eigenvalue weighted by Gasteiger charge is -2.26. The zero-order valence-electron chi connectivity index (χ0n) is 12.2. The molecule has 0 fully saturated rings. The number of carboxylic acids is 1. The lowest BCUT2D eigenvalue weighted by molar-refractivity contribution is -0.139. The van der Waals surface area contributed by atoms with E-state index in [9.17, 15) is 14.0 Å². The van der Waals surface area contributed by atoms with Crippen LogP contribution in [0.15, 0.2) is 24.3 Å². The number of aliphatic carboxylic acids is 1. The van der Waals surface area contributed by atoms with Gasteiger partial charge in [0.05, 0.1) is 0 Å². The Morgan fingerprint density at radius 3 is 2.67 bits per heavy atom. The fraction of sp³-hybridized carbons (Fsp3) is 0.467. The SMILES string of the molecule is CC(C)N(CCCC(=O)O)C(=O)COc1cccc(F)c1. The van der Waals surface area contributed by atoms with E-state index in [2.05, 4.69) is 0 Å². The van der Waals surface area contributed by atoms with Gasteiger partial charge in [-0.15, -0.1) is 0 Å². The average molecular weight is 297 g/mol. The van der Waals surface area contributed by atoms with E-state index in [-0.39, 0.29) is 30.7 Å². The topological polar surface area (TPSA) is 66.8 Å². The first kappa shape index (κ1) is 16.9. The minimum absolute atomic E-state index is 0.0151. The molecule has 0 aliphatic heterocycles. The quantitative estimate of drug-likeness (QED) is 0.799. The Hall–Kier alpha value is -2.11. The summed E-state index contributed by atoms with van der Waals surface area (Å²) >= 11 is 0. The molecular formula is C15H20FNO4. The Morgan fingerprint density at radius 2 is 2.10 bits per heavy atom. The highest BCUT2D eigenvalue weighted by Crippen LogP contribution is 2.12. The van der Waals surface area contributed by atoms with Gasteiger partial charge in [-0.2, -0.15) is 0 Å². The van der Waals surface area contributed by atoms with E-state index in [0.29, 0.717) is 13.0 Å². The first-order chi connectivity index (χ1) is 9.90. The molecule has 0 heterocycles. The Balaban J connectivity index is 2.50. The Morgan fingerprint density at radius 1 is 1.38 bits per heavy atom. The molecule has 0 aliphatic carbocycles. The number of carboxylic acid groups (broad SMARTS) is 1. The lowest BCUT2D eigenvalue weighted by Crippen LogP contribution is -2.40. The number of benzene rings is 1. The number of carbonyl (C=O) groups is 2. The van der Waals surface area contributed by atoms with Crippen LogP contribution in [0.2, 0.25) is 0 Å². The molecule has 0 saturated carbocycles. The predicted octanol–water partition coefficient (Wildman–Crippen LogP) is 2.31. The van der Waals surface area contributed by atoms with Crippen LogP contribution in [0.4, 0.5) is 4.39 Å². The predicted molar refractivity (Wildman–Crippen MR) is 75.6 cm³/mol. The molecule has 1 N–H and O–H groups in total. The molecule has 1 aromatic carbocycles. The summed E-state index contributed by atoms with van der Waals surface area (Å²) in [7, 11) is 0. The van der Waals surface area contributed by atoms with Gasteiger partial charge in [0.2, 0.25) is 0 Å². The van der Waals surface area contributed by atoms with Crippen LogP contribution >= 0.6 is 0 Å². The van der Waals surface area contributed by atoms with E-state index in [1.807, 2.05) is 13.8 Å². The third-order valence-corrected chi connectivity index (χ3v) is 2.89. The van der Waals surface area contributed by atoms with Crippen LogP contribution in [0.5, 0.6) is 5.75 Å². The average Bonchev–Trinajstić information content (AvgIpc) is 2.40. The first-order valence-electron chi connectivity index (χ1n) is 6.79. The highest BCUT2D eigenvalue weighted by molar-refractivity contribution is 5.78. The summed E-state index contributed by atoms with van der Waals surface area (Å²) in [4.78, 5) is 24.1. The van der Waals surface area contributed by atoms with Crippen molar-refractivity contribution in [1.82, 2.24) is 4.90 Å². The number of amides is 1.